The second kappa shape index (κ2) is 5.01. The Bertz CT molecular complexity index is 419. The molecule has 0 aliphatic heterocycles. The summed E-state index contributed by atoms with van der Waals surface area (Å²) in [5.41, 5.74) is 0.516. The van der Waals surface area contributed by atoms with E-state index >= 15 is 0 Å². The van der Waals surface area contributed by atoms with Gasteiger partial charge in [-0.3, -0.25) is 4.79 Å². The number of carbonyl (C=O) groups excluding carboxylic acids is 1. The molecule has 0 atom stereocenters. The average molecular weight is 247 g/mol. The zero-order valence-electron chi connectivity index (χ0n) is 11.3. The maximum absolute atomic E-state index is 12.3. The van der Waals surface area contributed by atoms with Crippen molar-refractivity contribution in [1.82, 2.24) is 5.32 Å². The SMILES string of the molecule is COc1ccc(C(C)(C)C(=O)NC2CCC2)cc1. The molecule has 0 spiro atoms. The van der Waals surface area contributed by atoms with Gasteiger partial charge in [0.2, 0.25) is 5.91 Å². The zero-order valence-corrected chi connectivity index (χ0v) is 11.3. The highest BCUT2D eigenvalue weighted by molar-refractivity contribution is 5.87. The quantitative estimate of drug-likeness (QED) is 0.888. The van der Waals surface area contributed by atoms with E-state index in [1.807, 2.05) is 38.1 Å². The third kappa shape index (κ3) is 2.50. The Kier molecular flexibility index (Phi) is 3.60. The lowest BCUT2D eigenvalue weighted by Gasteiger charge is -2.32. The molecule has 18 heavy (non-hydrogen) atoms. The molecule has 1 amide bonds. The van der Waals surface area contributed by atoms with Gasteiger partial charge in [-0.2, -0.15) is 0 Å². The van der Waals surface area contributed by atoms with Crippen molar-refractivity contribution >= 4 is 5.91 Å². The minimum Gasteiger partial charge on any atom is -0.497 e. The highest BCUT2D eigenvalue weighted by Gasteiger charge is 2.32. The van der Waals surface area contributed by atoms with Crippen LogP contribution in [0.3, 0.4) is 0 Å². The lowest BCUT2D eigenvalue weighted by Crippen LogP contribution is -2.47. The van der Waals surface area contributed by atoms with Crippen molar-refractivity contribution in [2.24, 2.45) is 0 Å². The Balaban J connectivity index is 2.09. The maximum atomic E-state index is 12.3. The van der Waals surface area contributed by atoms with Gasteiger partial charge in [-0.25, -0.2) is 0 Å². The first-order valence-electron chi connectivity index (χ1n) is 6.49. The number of amides is 1. The summed E-state index contributed by atoms with van der Waals surface area (Å²) < 4.78 is 5.13. The fraction of sp³-hybridized carbons (Fsp3) is 0.533. The van der Waals surface area contributed by atoms with Crippen LogP contribution in [0, 0.1) is 0 Å². The summed E-state index contributed by atoms with van der Waals surface area (Å²) in [5, 5.41) is 3.11. The molecule has 0 unspecified atom stereocenters. The first kappa shape index (κ1) is 12.9. The van der Waals surface area contributed by atoms with Crippen molar-refractivity contribution < 1.29 is 9.53 Å². The van der Waals surface area contributed by atoms with Crippen LogP contribution in [0.1, 0.15) is 38.7 Å². The predicted molar refractivity (Wildman–Crippen MR) is 71.8 cm³/mol. The Morgan fingerprint density at radius 1 is 1.28 bits per heavy atom. The van der Waals surface area contributed by atoms with E-state index in [1.165, 1.54) is 6.42 Å². The van der Waals surface area contributed by atoms with Gasteiger partial charge in [-0.05, 0) is 50.8 Å². The first-order valence-corrected chi connectivity index (χ1v) is 6.49. The second-order valence-corrected chi connectivity index (χ2v) is 5.45. The molecule has 1 aliphatic rings. The molecule has 3 heteroatoms. The monoisotopic (exact) mass is 247 g/mol. The molecule has 0 aromatic heterocycles. The number of methoxy groups -OCH3 is 1. The smallest absolute Gasteiger partial charge is 0.230 e. The maximum Gasteiger partial charge on any atom is 0.230 e. The third-order valence-corrected chi connectivity index (χ3v) is 3.82. The molecule has 1 aromatic carbocycles. The van der Waals surface area contributed by atoms with Gasteiger partial charge in [0.05, 0.1) is 12.5 Å². The van der Waals surface area contributed by atoms with Crippen LogP contribution in [0.4, 0.5) is 0 Å². The molecule has 1 aromatic rings. The Labute approximate surface area is 109 Å². The molecule has 0 bridgehead atoms. The van der Waals surface area contributed by atoms with Crippen molar-refractivity contribution in [3.05, 3.63) is 29.8 Å². The van der Waals surface area contributed by atoms with Crippen molar-refractivity contribution in [1.29, 1.82) is 0 Å². The van der Waals surface area contributed by atoms with Crippen molar-refractivity contribution in [2.75, 3.05) is 7.11 Å². The standard InChI is InChI=1S/C15H21NO2/c1-15(2,14(17)16-12-5-4-6-12)11-7-9-13(18-3)10-8-11/h7-10,12H,4-6H2,1-3H3,(H,16,17). The highest BCUT2D eigenvalue weighted by atomic mass is 16.5. The van der Waals surface area contributed by atoms with Crippen LogP contribution in [0.15, 0.2) is 24.3 Å². The average Bonchev–Trinajstić information content (AvgIpc) is 2.33. The van der Waals surface area contributed by atoms with E-state index in [0.717, 1.165) is 24.2 Å². The number of carbonyl (C=O) groups is 1. The number of rotatable bonds is 4. The summed E-state index contributed by atoms with van der Waals surface area (Å²) in [7, 11) is 1.64. The topological polar surface area (TPSA) is 38.3 Å². The molecule has 98 valence electrons. The number of ether oxygens (including phenoxy) is 1. The van der Waals surface area contributed by atoms with E-state index in [-0.39, 0.29) is 5.91 Å². The van der Waals surface area contributed by atoms with Gasteiger partial charge in [-0.15, -0.1) is 0 Å². The van der Waals surface area contributed by atoms with E-state index in [2.05, 4.69) is 5.32 Å². The van der Waals surface area contributed by atoms with Crippen LogP contribution in [-0.4, -0.2) is 19.1 Å². The Morgan fingerprint density at radius 2 is 1.89 bits per heavy atom. The van der Waals surface area contributed by atoms with Gasteiger partial charge in [0.15, 0.2) is 0 Å². The molecule has 0 heterocycles. The van der Waals surface area contributed by atoms with Crippen molar-refractivity contribution in [3.63, 3.8) is 0 Å². The van der Waals surface area contributed by atoms with E-state index in [9.17, 15) is 4.79 Å². The van der Waals surface area contributed by atoms with Crippen molar-refractivity contribution in [2.45, 2.75) is 44.6 Å². The Morgan fingerprint density at radius 3 is 2.33 bits per heavy atom. The molecule has 2 rings (SSSR count). The van der Waals surface area contributed by atoms with Gasteiger partial charge >= 0.3 is 0 Å². The fourth-order valence-corrected chi connectivity index (χ4v) is 2.06. The number of hydrogen-bond donors (Lipinski definition) is 1. The molecule has 3 nitrogen and oxygen atoms in total. The molecule has 1 aliphatic carbocycles. The lowest BCUT2D eigenvalue weighted by atomic mass is 9.82. The first-order chi connectivity index (χ1) is 8.54. The van der Waals surface area contributed by atoms with Gasteiger partial charge in [0.1, 0.15) is 5.75 Å². The second-order valence-electron chi connectivity index (χ2n) is 5.45. The minimum atomic E-state index is -0.498. The molecular weight excluding hydrogens is 226 g/mol. The van der Waals surface area contributed by atoms with Crippen molar-refractivity contribution in [3.8, 4) is 5.75 Å². The molecule has 1 N–H and O–H groups in total. The molecule has 1 fully saturated rings. The van der Waals surface area contributed by atoms with Crippen LogP contribution in [0.5, 0.6) is 5.75 Å². The lowest BCUT2D eigenvalue weighted by molar-refractivity contribution is -0.126. The van der Waals surface area contributed by atoms with Crippen LogP contribution >= 0.6 is 0 Å². The van der Waals surface area contributed by atoms with Gasteiger partial charge in [0, 0.05) is 6.04 Å². The fourth-order valence-electron chi connectivity index (χ4n) is 2.06. The number of hydrogen-bond acceptors (Lipinski definition) is 2. The third-order valence-electron chi connectivity index (χ3n) is 3.82. The van der Waals surface area contributed by atoms with Crippen LogP contribution in [0.25, 0.3) is 0 Å². The summed E-state index contributed by atoms with van der Waals surface area (Å²) in [6.45, 7) is 3.92. The molecule has 1 saturated carbocycles. The minimum absolute atomic E-state index is 0.109. The largest absolute Gasteiger partial charge is 0.497 e. The normalized spacial score (nSPS) is 15.9. The Hall–Kier alpha value is -1.51. The van der Waals surface area contributed by atoms with Crippen LogP contribution in [0.2, 0.25) is 0 Å². The van der Waals surface area contributed by atoms with Gasteiger partial charge < -0.3 is 10.1 Å². The number of benzene rings is 1. The summed E-state index contributed by atoms with van der Waals surface area (Å²) in [6, 6.07) is 8.09. The van der Waals surface area contributed by atoms with E-state index < -0.39 is 5.41 Å². The van der Waals surface area contributed by atoms with E-state index in [4.69, 9.17) is 4.74 Å². The van der Waals surface area contributed by atoms with Gasteiger partial charge in [0.25, 0.3) is 0 Å². The highest BCUT2D eigenvalue weighted by Crippen LogP contribution is 2.27. The summed E-state index contributed by atoms with van der Waals surface area (Å²) >= 11 is 0. The zero-order chi connectivity index (χ0) is 13.2. The number of nitrogens with one attached hydrogen (secondary N) is 1. The van der Waals surface area contributed by atoms with Gasteiger partial charge in [-0.1, -0.05) is 12.1 Å². The summed E-state index contributed by atoms with van der Waals surface area (Å²) in [5.74, 6) is 0.923. The predicted octanol–water partition coefficient (Wildman–Crippen LogP) is 2.64. The molecule has 0 saturated heterocycles. The molecule has 0 radical (unpaired) electrons. The van der Waals surface area contributed by atoms with Crippen LogP contribution in [-0.2, 0) is 10.2 Å². The van der Waals surface area contributed by atoms with E-state index in [0.29, 0.717) is 6.04 Å². The summed E-state index contributed by atoms with van der Waals surface area (Å²) in [4.78, 5) is 12.3. The summed E-state index contributed by atoms with van der Waals surface area (Å²) in [6.07, 6.45) is 3.46. The van der Waals surface area contributed by atoms with E-state index in [1.54, 1.807) is 7.11 Å². The molecular formula is C15H21NO2. The van der Waals surface area contributed by atoms with Crippen LogP contribution < -0.4 is 10.1 Å².